The zero-order valence-corrected chi connectivity index (χ0v) is 14.6. The summed E-state index contributed by atoms with van der Waals surface area (Å²) in [5.41, 5.74) is 3.80. The first-order valence-corrected chi connectivity index (χ1v) is 8.89. The van der Waals surface area contributed by atoms with Crippen molar-refractivity contribution in [2.75, 3.05) is 18.0 Å². The molecule has 1 aliphatic rings. The van der Waals surface area contributed by atoms with Crippen LogP contribution in [0, 0.1) is 13.8 Å². The van der Waals surface area contributed by atoms with Crippen LogP contribution in [0.5, 0.6) is 5.75 Å². The number of thiophene rings is 1. The van der Waals surface area contributed by atoms with Crippen LogP contribution in [0.2, 0.25) is 0 Å². The molecule has 0 atom stereocenters. The molecule has 1 aliphatic heterocycles. The minimum Gasteiger partial charge on any atom is -0.508 e. The molecule has 0 saturated heterocycles. The molecule has 0 fully saturated rings. The highest BCUT2D eigenvalue weighted by molar-refractivity contribution is 7.18. The van der Waals surface area contributed by atoms with E-state index in [1.54, 1.807) is 29.8 Å². The molecule has 0 aliphatic carbocycles. The van der Waals surface area contributed by atoms with Gasteiger partial charge in [0.05, 0.1) is 5.39 Å². The number of phenols is 1. The van der Waals surface area contributed by atoms with Gasteiger partial charge in [0.25, 0.3) is 0 Å². The normalized spacial score (nSPS) is 14.9. The second-order valence-corrected chi connectivity index (χ2v) is 7.34. The van der Waals surface area contributed by atoms with Crippen LogP contribution in [-0.2, 0) is 0 Å². The first kappa shape index (κ1) is 15.1. The van der Waals surface area contributed by atoms with Crippen LogP contribution in [0.4, 0.5) is 5.82 Å². The molecule has 4 rings (SSSR count). The summed E-state index contributed by atoms with van der Waals surface area (Å²) in [7, 11) is 0. The molecule has 0 unspecified atom stereocenters. The number of aromatic hydroxyl groups is 1. The third-order valence-electron chi connectivity index (χ3n) is 4.69. The second kappa shape index (κ2) is 5.91. The quantitative estimate of drug-likeness (QED) is 0.757. The van der Waals surface area contributed by atoms with Gasteiger partial charge in [0, 0.05) is 18.0 Å². The monoisotopic (exact) mass is 337 g/mol. The molecule has 0 bridgehead atoms. The van der Waals surface area contributed by atoms with Crippen molar-refractivity contribution in [2.24, 2.45) is 0 Å². The summed E-state index contributed by atoms with van der Waals surface area (Å²) in [6.07, 6.45) is 4.91. The SMILES string of the molecule is Cc1sc2ncnc(N3CC=C(c4ccc(O)cc4)CC3)c2c1C. The Morgan fingerprint density at radius 1 is 1.12 bits per heavy atom. The van der Waals surface area contributed by atoms with Gasteiger partial charge in [-0.3, -0.25) is 0 Å². The van der Waals surface area contributed by atoms with Crippen molar-refractivity contribution in [3.63, 3.8) is 0 Å². The predicted octanol–water partition coefficient (Wildman–Crippen LogP) is 4.31. The lowest BCUT2D eigenvalue weighted by atomic mass is 9.99. The summed E-state index contributed by atoms with van der Waals surface area (Å²) in [6.45, 7) is 6.08. The van der Waals surface area contributed by atoms with E-state index in [-0.39, 0.29) is 0 Å². The summed E-state index contributed by atoms with van der Waals surface area (Å²) in [6, 6.07) is 7.44. The van der Waals surface area contributed by atoms with Gasteiger partial charge in [-0.15, -0.1) is 11.3 Å². The van der Waals surface area contributed by atoms with Crippen molar-refractivity contribution in [3.8, 4) is 5.75 Å². The van der Waals surface area contributed by atoms with E-state index in [1.165, 1.54) is 27.0 Å². The first-order chi connectivity index (χ1) is 11.6. The fourth-order valence-electron chi connectivity index (χ4n) is 3.20. The molecular formula is C19H19N3OS. The van der Waals surface area contributed by atoms with E-state index >= 15 is 0 Å². The minimum atomic E-state index is 0.309. The Labute approximate surface area is 145 Å². The Hall–Kier alpha value is -2.40. The Kier molecular flexibility index (Phi) is 3.73. The second-order valence-electron chi connectivity index (χ2n) is 6.13. The van der Waals surface area contributed by atoms with Crippen molar-refractivity contribution in [3.05, 3.63) is 52.7 Å². The minimum absolute atomic E-state index is 0.309. The van der Waals surface area contributed by atoms with Crippen LogP contribution in [-0.4, -0.2) is 28.2 Å². The highest BCUT2D eigenvalue weighted by Gasteiger charge is 2.19. The maximum atomic E-state index is 9.43. The third kappa shape index (κ3) is 2.55. The van der Waals surface area contributed by atoms with Gasteiger partial charge in [-0.05, 0) is 49.1 Å². The van der Waals surface area contributed by atoms with Crippen LogP contribution < -0.4 is 4.90 Å². The Bertz CT molecular complexity index is 928. The van der Waals surface area contributed by atoms with Crippen molar-refractivity contribution in [1.29, 1.82) is 0 Å². The van der Waals surface area contributed by atoms with Gasteiger partial charge in [-0.1, -0.05) is 18.2 Å². The number of benzene rings is 1. The average Bonchev–Trinajstić information content (AvgIpc) is 2.90. The molecule has 0 spiro atoms. The van der Waals surface area contributed by atoms with Gasteiger partial charge < -0.3 is 10.0 Å². The third-order valence-corrected chi connectivity index (χ3v) is 5.81. The van der Waals surface area contributed by atoms with Gasteiger partial charge in [0.15, 0.2) is 0 Å². The molecule has 3 aromatic rings. The van der Waals surface area contributed by atoms with Gasteiger partial charge in [0.2, 0.25) is 0 Å². The number of fused-ring (bicyclic) bond motifs is 1. The number of anilines is 1. The predicted molar refractivity (Wildman–Crippen MR) is 99.8 cm³/mol. The Balaban J connectivity index is 1.65. The zero-order chi connectivity index (χ0) is 16.7. The van der Waals surface area contributed by atoms with E-state index < -0.39 is 0 Å². The van der Waals surface area contributed by atoms with E-state index in [0.29, 0.717) is 5.75 Å². The lowest BCUT2D eigenvalue weighted by Crippen LogP contribution is -2.29. The first-order valence-electron chi connectivity index (χ1n) is 8.07. The molecule has 4 nitrogen and oxygen atoms in total. The van der Waals surface area contributed by atoms with Gasteiger partial charge in [-0.25, -0.2) is 9.97 Å². The Morgan fingerprint density at radius 2 is 1.92 bits per heavy atom. The van der Waals surface area contributed by atoms with Crippen molar-refractivity contribution < 1.29 is 5.11 Å². The molecule has 0 amide bonds. The Morgan fingerprint density at radius 3 is 2.62 bits per heavy atom. The number of hydrogen-bond donors (Lipinski definition) is 1. The average molecular weight is 337 g/mol. The van der Waals surface area contributed by atoms with E-state index in [9.17, 15) is 5.11 Å². The lowest BCUT2D eigenvalue weighted by Gasteiger charge is -2.28. The van der Waals surface area contributed by atoms with E-state index in [4.69, 9.17) is 0 Å². The van der Waals surface area contributed by atoms with Crippen molar-refractivity contribution in [2.45, 2.75) is 20.3 Å². The summed E-state index contributed by atoms with van der Waals surface area (Å²) in [4.78, 5) is 13.7. The molecule has 24 heavy (non-hydrogen) atoms. The molecular weight excluding hydrogens is 318 g/mol. The van der Waals surface area contributed by atoms with Crippen LogP contribution in [0.1, 0.15) is 22.4 Å². The van der Waals surface area contributed by atoms with Crippen molar-refractivity contribution in [1.82, 2.24) is 9.97 Å². The maximum Gasteiger partial charge on any atom is 0.141 e. The van der Waals surface area contributed by atoms with Crippen molar-refractivity contribution >= 4 is 32.9 Å². The van der Waals surface area contributed by atoms with Gasteiger partial charge in [0.1, 0.15) is 22.7 Å². The fourth-order valence-corrected chi connectivity index (χ4v) is 4.19. The number of aryl methyl sites for hydroxylation is 2. The van der Waals surface area contributed by atoms with Crippen LogP contribution in [0.25, 0.3) is 15.8 Å². The maximum absolute atomic E-state index is 9.43. The molecule has 1 N–H and O–H groups in total. The molecule has 3 heterocycles. The molecule has 0 radical (unpaired) electrons. The number of aromatic nitrogens is 2. The lowest BCUT2D eigenvalue weighted by molar-refractivity contribution is 0.475. The number of nitrogens with zero attached hydrogens (tertiary/aromatic N) is 3. The largest absolute Gasteiger partial charge is 0.508 e. The molecule has 1 aromatic carbocycles. The topological polar surface area (TPSA) is 49.2 Å². The van der Waals surface area contributed by atoms with Gasteiger partial charge in [-0.2, -0.15) is 0 Å². The molecule has 5 heteroatoms. The number of phenolic OH excluding ortho intramolecular Hbond substituents is 1. The summed E-state index contributed by atoms with van der Waals surface area (Å²) in [5, 5.41) is 10.6. The van der Waals surface area contributed by atoms with Gasteiger partial charge >= 0.3 is 0 Å². The van der Waals surface area contributed by atoms with Crippen LogP contribution in [0.15, 0.2) is 36.7 Å². The molecule has 2 aromatic heterocycles. The molecule has 122 valence electrons. The zero-order valence-electron chi connectivity index (χ0n) is 13.8. The van der Waals surface area contributed by atoms with E-state index in [1.807, 2.05) is 12.1 Å². The summed E-state index contributed by atoms with van der Waals surface area (Å²) < 4.78 is 0. The number of hydrogen-bond acceptors (Lipinski definition) is 5. The smallest absolute Gasteiger partial charge is 0.141 e. The summed E-state index contributed by atoms with van der Waals surface area (Å²) >= 11 is 1.74. The summed E-state index contributed by atoms with van der Waals surface area (Å²) in [5.74, 6) is 1.35. The van der Waals surface area contributed by atoms with E-state index in [0.717, 1.165) is 30.2 Å². The number of rotatable bonds is 2. The van der Waals surface area contributed by atoms with E-state index in [2.05, 4.69) is 34.8 Å². The standard InChI is InChI=1S/C19H19N3OS/c1-12-13(2)24-19-17(12)18(20-11-21-19)22-9-7-15(8-10-22)14-3-5-16(23)6-4-14/h3-7,11,23H,8-10H2,1-2H3. The highest BCUT2D eigenvalue weighted by atomic mass is 32.1. The fraction of sp³-hybridized carbons (Fsp3) is 0.263. The van der Waals surface area contributed by atoms with Crippen LogP contribution >= 0.6 is 11.3 Å². The van der Waals surface area contributed by atoms with Crippen LogP contribution in [0.3, 0.4) is 0 Å². The highest BCUT2D eigenvalue weighted by Crippen LogP contribution is 2.35. The molecule has 0 saturated carbocycles.